The van der Waals surface area contributed by atoms with Gasteiger partial charge in [-0.1, -0.05) is 72.8 Å². The molecule has 0 spiro atoms. The summed E-state index contributed by atoms with van der Waals surface area (Å²) in [5.41, 5.74) is 0. The molecule has 3 atom stereocenters. The lowest BCUT2D eigenvalue weighted by Gasteiger charge is -2.11. The molecule has 0 radical (unpaired) electrons. The highest BCUT2D eigenvalue weighted by molar-refractivity contribution is 7.28. The van der Waals surface area contributed by atoms with Crippen LogP contribution in [0.25, 0.3) is 51.8 Å². The second kappa shape index (κ2) is 8.52. The third kappa shape index (κ3) is 3.40. The summed E-state index contributed by atoms with van der Waals surface area (Å²) >= 11 is 5.44. The molecule has 7 rings (SSSR count). The molecule has 6 aromatic rings. The van der Waals surface area contributed by atoms with Crippen molar-refractivity contribution in [2.75, 3.05) is 6.61 Å². The number of benzene rings is 3. The van der Waals surface area contributed by atoms with Crippen LogP contribution in [0.3, 0.4) is 0 Å². The number of fused-ring (bicyclic) bond motifs is 3. The fourth-order valence-electron chi connectivity index (χ4n) is 5.18. The van der Waals surface area contributed by atoms with Crippen molar-refractivity contribution >= 4 is 66.3 Å². The first-order valence-corrected chi connectivity index (χ1v) is 14.2. The molecule has 3 nitrogen and oxygen atoms in total. The van der Waals surface area contributed by atoms with Crippen molar-refractivity contribution in [2.24, 2.45) is 0 Å². The van der Waals surface area contributed by atoms with Gasteiger partial charge in [0, 0.05) is 32.8 Å². The summed E-state index contributed by atoms with van der Waals surface area (Å²) in [6.07, 6.45) is -0.869. The first-order chi connectivity index (χ1) is 17.2. The van der Waals surface area contributed by atoms with E-state index in [1.807, 2.05) is 22.7 Å². The van der Waals surface area contributed by atoms with Crippen LogP contribution in [-0.4, -0.2) is 29.0 Å². The fourth-order valence-corrected chi connectivity index (χ4v) is 9.15. The van der Waals surface area contributed by atoms with Crippen molar-refractivity contribution in [1.82, 2.24) is 0 Å². The van der Waals surface area contributed by atoms with Crippen LogP contribution in [0, 0.1) is 0 Å². The van der Waals surface area contributed by atoms with Gasteiger partial charge in [0.2, 0.25) is 0 Å². The Morgan fingerprint density at radius 1 is 0.714 bits per heavy atom. The van der Waals surface area contributed by atoms with Gasteiger partial charge in [-0.2, -0.15) is 0 Å². The zero-order chi connectivity index (χ0) is 23.5. The Hall–Kier alpha value is -2.58. The molecular weight excluding hydrogens is 493 g/mol. The monoisotopic (exact) mass is 514 g/mol. The van der Waals surface area contributed by atoms with Crippen molar-refractivity contribution in [3.63, 3.8) is 0 Å². The number of rotatable bonds is 4. The molecule has 1 aliphatic rings. The van der Waals surface area contributed by atoms with E-state index in [4.69, 9.17) is 4.74 Å². The predicted octanol–water partition coefficient (Wildman–Crippen LogP) is 7.85. The SMILES string of the molecule is OCC1OC(c2sc(-c3sc(-c4scc5ccccc45)c4ccccc34)c3ccccc23)CC1O. The van der Waals surface area contributed by atoms with Gasteiger partial charge < -0.3 is 14.9 Å². The first-order valence-electron chi connectivity index (χ1n) is 11.7. The molecule has 0 saturated carbocycles. The standard InChI is InChI=1S/C29H22O3S3/c30-14-24-22(31)13-23(32-24)25-18-9-3-4-10-19(18)28(34-25)29-21-12-6-5-11-20(21)27(35-29)26-17-8-2-1-7-16(17)15-33-26/h1-12,15,22-24,30-31H,13-14H2. The van der Waals surface area contributed by atoms with Gasteiger partial charge in [-0.25, -0.2) is 0 Å². The molecule has 1 fully saturated rings. The minimum atomic E-state index is -0.643. The van der Waals surface area contributed by atoms with Crippen LogP contribution >= 0.6 is 34.0 Å². The molecule has 1 aliphatic heterocycles. The second-order valence-corrected chi connectivity index (χ2v) is 11.9. The minimum absolute atomic E-state index is 0.165. The topological polar surface area (TPSA) is 49.7 Å². The molecule has 174 valence electrons. The number of ether oxygens (including phenoxy) is 1. The Labute approximate surface area is 214 Å². The van der Waals surface area contributed by atoms with Gasteiger partial charge in [-0.15, -0.1) is 34.0 Å². The highest BCUT2D eigenvalue weighted by Gasteiger charge is 2.36. The van der Waals surface area contributed by atoms with Gasteiger partial charge in [0.25, 0.3) is 0 Å². The number of hydrogen-bond acceptors (Lipinski definition) is 6. The lowest BCUT2D eigenvalue weighted by molar-refractivity contribution is -0.0213. The molecule has 0 aliphatic carbocycles. The van der Waals surface area contributed by atoms with E-state index in [1.165, 1.54) is 51.8 Å². The van der Waals surface area contributed by atoms with Gasteiger partial charge in [-0.05, 0) is 16.2 Å². The molecule has 3 unspecified atom stereocenters. The molecule has 0 amide bonds. The third-order valence-electron chi connectivity index (χ3n) is 6.89. The Morgan fingerprint density at radius 3 is 1.97 bits per heavy atom. The van der Waals surface area contributed by atoms with Crippen LogP contribution in [-0.2, 0) is 4.74 Å². The summed E-state index contributed by atoms with van der Waals surface area (Å²) in [6, 6.07) is 25.8. The third-order valence-corrected chi connectivity index (χ3v) is 10.8. The molecule has 3 aromatic carbocycles. The zero-order valence-corrected chi connectivity index (χ0v) is 21.1. The first kappa shape index (κ1) is 21.7. The Bertz CT molecular complexity index is 1690. The molecule has 2 N–H and O–H groups in total. The Morgan fingerprint density at radius 2 is 1.29 bits per heavy atom. The molecule has 0 bridgehead atoms. The summed E-state index contributed by atoms with van der Waals surface area (Å²) in [5, 5.41) is 29.8. The average Bonchev–Trinajstić information content (AvgIpc) is 3.66. The molecule has 6 heteroatoms. The molecule has 3 aromatic heterocycles. The summed E-state index contributed by atoms with van der Waals surface area (Å²) in [5.74, 6) is 0. The second-order valence-electron chi connectivity index (χ2n) is 8.95. The van der Waals surface area contributed by atoms with Crippen molar-refractivity contribution in [1.29, 1.82) is 0 Å². The zero-order valence-electron chi connectivity index (χ0n) is 18.7. The van der Waals surface area contributed by atoms with E-state index in [2.05, 4.69) is 78.2 Å². The van der Waals surface area contributed by atoms with Gasteiger partial charge >= 0.3 is 0 Å². The normalized spacial score (nSPS) is 20.5. The lowest BCUT2D eigenvalue weighted by Crippen LogP contribution is -2.24. The van der Waals surface area contributed by atoms with Gasteiger partial charge in [0.15, 0.2) is 0 Å². The van der Waals surface area contributed by atoms with E-state index >= 15 is 0 Å². The van der Waals surface area contributed by atoms with Crippen LogP contribution in [0.1, 0.15) is 17.4 Å². The fraction of sp³-hybridized carbons (Fsp3) is 0.172. The number of aliphatic hydroxyl groups is 2. The number of thiophene rings is 3. The lowest BCUT2D eigenvalue weighted by atomic mass is 10.0. The highest BCUT2D eigenvalue weighted by Crippen LogP contribution is 2.53. The van der Waals surface area contributed by atoms with Gasteiger partial charge in [0.05, 0.1) is 38.3 Å². The van der Waals surface area contributed by atoms with Crippen LogP contribution in [0.2, 0.25) is 0 Å². The van der Waals surface area contributed by atoms with E-state index in [0.29, 0.717) is 6.42 Å². The number of hydrogen-bond donors (Lipinski definition) is 2. The molecule has 35 heavy (non-hydrogen) atoms. The van der Waals surface area contributed by atoms with E-state index in [9.17, 15) is 10.2 Å². The van der Waals surface area contributed by atoms with Crippen molar-refractivity contribution in [3.8, 4) is 19.5 Å². The smallest absolute Gasteiger partial charge is 0.107 e. The maximum Gasteiger partial charge on any atom is 0.107 e. The summed E-state index contributed by atoms with van der Waals surface area (Å²) < 4.78 is 6.08. The van der Waals surface area contributed by atoms with Crippen LogP contribution in [0.4, 0.5) is 0 Å². The highest BCUT2D eigenvalue weighted by atomic mass is 32.1. The van der Waals surface area contributed by atoms with E-state index in [0.717, 1.165) is 4.88 Å². The van der Waals surface area contributed by atoms with E-state index < -0.39 is 12.2 Å². The maximum atomic E-state index is 10.4. The maximum absolute atomic E-state index is 10.4. The summed E-state index contributed by atoms with van der Waals surface area (Å²) in [6.45, 7) is -0.165. The van der Waals surface area contributed by atoms with E-state index in [-0.39, 0.29) is 12.7 Å². The Balaban J connectivity index is 1.45. The minimum Gasteiger partial charge on any atom is -0.394 e. The largest absolute Gasteiger partial charge is 0.394 e. The van der Waals surface area contributed by atoms with Gasteiger partial charge in [0.1, 0.15) is 6.10 Å². The van der Waals surface area contributed by atoms with Crippen LogP contribution < -0.4 is 0 Å². The molecular formula is C29H22O3S3. The summed E-state index contributed by atoms with van der Waals surface area (Å²) in [4.78, 5) is 6.29. The average molecular weight is 515 g/mol. The van der Waals surface area contributed by atoms with E-state index in [1.54, 1.807) is 11.3 Å². The Kier molecular flexibility index (Phi) is 5.28. The number of aliphatic hydroxyl groups excluding tert-OH is 2. The predicted molar refractivity (Wildman–Crippen MR) is 149 cm³/mol. The molecule has 1 saturated heterocycles. The van der Waals surface area contributed by atoms with Crippen molar-refractivity contribution in [2.45, 2.75) is 24.7 Å². The van der Waals surface area contributed by atoms with Gasteiger partial charge in [-0.3, -0.25) is 0 Å². The van der Waals surface area contributed by atoms with Crippen LogP contribution in [0.15, 0.2) is 78.2 Å². The van der Waals surface area contributed by atoms with Crippen LogP contribution in [0.5, 0.6) is 0 Å². The van der Waals surface area contributed by atoms with Crippen molar-refractivity contribution < 1.29 is 14.9 Å². The quantitative estimate of drug-likeness (QED) is 0.252. The molecule has 4 heterocycles. The van der Waals surface area contributed by atoms with Crippen molar-refractivity contribution in [3.05, 3.63) is 83.1 Å². The summed E-state index contributed by atoms with van der Waals surface area (Å²) in [7, 11) is 0.